The predicted octanol–water partition coefficient (Wildman–Crippen LogP) is 2.19. The second kappa shape index (κ2) is 8.49. The third kappa shape index (κ3) is 6.88. The zero-order chi connectivity index (χ0) is 13.2. The van der Waals surface area contributed by atoms with Gasteiger partial charge in [-0.25, -0.2) is 4.68 Å². The standard InChI is InChI=1S/C12H21N3O3/c16-11-10-15(14-13-11)9-7-5-3-1-2-4-6-8-12(17)18/h10,16H,1-9H2,(H,17,18). The largest absolute Gasteiger partial charge is 0.491 e. The first kappa shape index (κ1) is 14.5. The van der Waals surface area contributed by atoms with Gasteiger partial charge < -0.3 is 10.2 Å². The Bertz CT molecular complexity index is 352. The van der Waals surface area contributed by atoms with E-state index in [4.69, 9.17) is 10.2 Å². The van der Waals surface area contributed by atoms with Gasteiger partial charge in [0.2, 0.25) is 0 Å². The number of carboxylic acid groups (broad SMARTS) is 1. The number of rotatable bonds is 10. The summed E-state index contributed by atoms with van der Waals surface area (Å²) in [6.07, 6.45) is 9.17. The van der Waals surface area contributed by atoms with Gasteiger partial charge >= 0.3 is 5.97 Å². The van der Waals surface area contributed by atoms with E-state index in [1.165, 1.54) is 6.20 Å². The van der Waals surface area contributed by atoms with Crippen molar-refractivity contribution in [2.75, 3.05) is 0 Å². The maximum atomic E-state index is 10.3. The van der Waals surface area contributed by atoms with E-state index in [1.807, 2.05) is 0 Å². The van der Waals surface area contributed by atoms with E-state index in [9.17, 15) is 4.79 Å². The minimum Gasteiger partial charge on any atom is -0.491 e. The van der Waals surface area contributed by atoms with Gasteiger partial charge in [-0.1, -0.05) is 42.4 Å². The second-order valence-corrected chi connectivity index (χ2v) is 4.46. The normalized spacial score (nSPS) is 10.7. The number of aliphatic carboxylic acids is 1. The molecule has 1 heterocycles. The minimum absolute atomic E-state index is 0.0339. The van der Waals surface area contributed by atoms with Gasteiger partial charge in [0.05, 0.1) is 6.20 Å². The molecule has 18 heavy (non-hydrogen) atoms. The van der Waals surface area contributed by atoms with Crippen LogP contribution < -0.4 is 0 Å². The zero-order valence-electron chi connectivity index (χ0n) is 10.6. The van der Waals surface area contributed by atoms with Crippen molar-refractivity contribution in [2.24, 2.45) is 0 Å². The van der Waals surface area contributed by atoms with Gasteiger partial charge in [0.1, 0.15) is 0 Å². The highest BCUT2D eigenvalue weighted by atomic mass is 16.4. The van der Waals surface area contributed by atoms with Crippen molar-refractivity contribution in [3.8, 4) is 5.88 Å². The lowest BCUT2D eigenvalue weighted by molar-refractivity contribution is -0.137. The SMILES string of the molecule is O=C(O)CCCCCCCCCn1cc(O)nn1. The number of carbonyl (C=O) groups is 1. The van der Waals surface area contributed by atoms with Crippen LogP contribution in [0.5, 0.6) is 5.88 Å². The first-order chi connectivity index (χ1) is 8.68. The molecule has 1 aromatic heterocycles. The van der Waals surface area contributed by atoms with Crippen molar-refractivity contribution in [3.05, 3.63) is 6.20 Å². The number of hydrogen-bond donors (Lipinski definition) is 2. The molecule has 0 aliphatic rings. The highest BCUT2D eigenvalue weighted by Crippen LogP contribution is 2.09. The van der Waals surface area contributed by atoms with Crippen LogP contribution in [0.25, 0.3) is 0 Å². The van der Waals surface area contributed by atoms with Crippen LogP contribution in [0, 0.1) is 0 Å². The Hall–Kier alpha value is -1.59. The molecule has 1 aromatic rings. The van der Waals surface area contributed by atoms with Gasteiger partial charge in [0, 0.05) is 13.0 Å². The maximum absolute atomic E-state index is 10.3. The van der Waals surface area contributed by atoms with Crippen LogP contribution in [0.3, 0.4) is 0 Å². The number of hydrogen-bond acceptors (Lipinski definition) is 4. The number of aromatic hydroxyl groups is 1. The summed E-state index contributed by atoms with van der Waals surface area (Å²) in [5, 5.41) is 24.7. The Balaban J connectivity index is 1.85. The highest BCUT2D eigenvalue weighted by molar-refractivity contribution is 5.66. The van der Waals surface area contributed by atoms with Gasteiger partial charge in [-0.3, -0.25) is 4.79 Å². The molecule has 6 heteroatoms. The lowest BCUT2D eigenvalue weighted by Gasteiger charge is -2.01. The van der Waals surface area contributed by atoms with Crippen LogP contribution in [-0.2, 0) is 11.3 Å². The number of aromatic nitrogens is 3. The van der Waals surface area contributed by atoms with Crippen LogP contribution in [0.2, 0.25) is 0 Å². The van der Waals surface area contributed by atoms with Crippen LogP contribution in [0.4, 0.5) is 0 Å². The summed E-state index contributed by atoms with van der Waals surface area (Å²) in [7, 11) is 0. The molecular formula is C12H21N3O3. The molecule has 0 aliphatic carbocycles. The summed E-state index contributed by atoms with van der Waals surface area (Å²) >= 11 is 0. The first-order valence-electron chi connectivity index (χ1n) is 6.49. The summed E-state index contributed by atoms with van der Waals surface area (Å²) in [6.45, 7) is 0.784. The first-order valence-corrected chi connectivity index (χ1v) is 6.49. The third-order valence-electron chi connectivity index (χ3n) is 2.80. The van der Waals surface area contributed by atoms with Crippen molar-refractivity contribution in [1.29, 1.82) is 0 Å². The average molecular weight is 255 g/mol. The van der Waals surface area contributed by atoms with E-state index >= 15 is 0 Å². The Morgan fingerprint density at radius 3 is 2.28 bits per heavy atom. The van der Waals surface area contributed by atoms with Crippen LogP contribution >= 0.6 is 0 Å². The summed E-state index contributed by atoms with van der Waals surface area (Å²) in [5.41, 5.74) is 0. The molecule has 0 fully saturated rings. The van der Waals surface area contributed by atoms with Crippen molar-refractivity contribution in [3.63, 3.8) is 0 Å². The zero-order valence-corrected chi connectivity index (χ0v) is 10.6. The fraction of sp³-hybridized carbons (Fsp3) is 0.750. The van der Waals surface area contributed by atoms with Crippen molar-refractivity contribution in [1.82, 2.24) is 15.0 Å². The molecule has 0 saturated carbocycles. The summed E-state index contributed by atoms with van der Waals surface area (Å²) in [5.74, 6) is -0.737. The number of aryl methyl sites for hydroxylation is 1. The smallest absolute Gasteiger partial charge is 0.303 e. The highest BCUT2D eigenvalue weighted by Gasteiger charge is 1.98. The van der Waals surface area contributed by atoms with Gasteiger partial charge in [-0.15, -0.1) is 0 Å². The molecular weight excluding hydrogens is 234 g/mol. The average Bonchev–Trinajstić information content (AvgIpc) is 2.72. The van der Waals surface area contributed by atoms with E-state index < -0.39 is 5.97 Å². The molecule has 0 amide bonds. The Labute approximate surface area is 107 Å². The van der Waals surface area contributed by atoms with Crippen LogP contribution in [-0.4, -0.2) is 31.2 Å². The van der Waals surface area contributed by atoms with Crippen LogP contribution in [0.15, 0.2) is 6.20 Å². The van der Waals surface area contributed by atoms with Crippen molar-refractivity contribution < 1.29 is 15.0 Å². The number of nitrogens with zero attached hydrogens (tertiary/aromatic N) is 3. The lowest BCUT2D eigenvalue weighted by Crippen LogP contribution is -1.98. The monoisotopic (exact) mass is 255 g/mol. The maximum Gasteiger partial charge on any atom is 0.303 e. The van der Waals surface area contributed by atoms with E-state index in [2.05, 4.69) is 10.3 Å². The number of unbranched alkanes of at least 4 members (excludes halogenated alkanes) is 6. The molecule has 0 saturated heterocycles. The Morgan fingerprint density at radius 2 is 1.72 bits per heavy atom. The summed E-state index contributed by atoms with van der Waals surface area (Å²) in [6, 6.07) is 0. The van der Waals surface area contributed by atoms with Gasteiger partial charge in [0.25, 0.3) is 5.88 Å². The summed E-state index contributed by atoms with van der Waals surface area (Å²) < 4.78 is 1.64. The number of carboxylic acids is 1. The van der Waals surface area contributed by atoms with E-state index in [0.29, 0.717) is 0 Å². The molecule has 0 aliphatic heterocycles. The molecule has 2 N–H and O–H groups in total. The van der Waals surface area contributed by atoms with E-state index in [1.54, 1.807) is 4.68 Å². The molecule has 1 rings (SSSR count). The van der Waals surface area contributed by atoms with E-state index in [0.717, 1.165) is 51.5 Å². The minimum atomic E-state index is -0.703. The second-order valence-electron chi connectivity index (χ2n) is 4.46. The molecule has 102 valence electrons. The van der Waals surface area contributed by atoms with Crippen LogP contribution in [0.1, 0.15) is 51.4 Å². The topological polar surface area (TPSA) is 88.2 Å². The van der Waals surface area contributed by atoms with E-state index in [-0.39, 0.29) is 12.3 Å². The fourth-order valence-corrected chi connectivity index (χ4v) is 1.83. The predicted molar refractivity (Wildman–Crippen MR) is 66.3 cm³/mol. The van der Waals surface area contributed by atoms with Crippen molar-refractivity contribution in [2.45, 2.75) is 57.9 Å². The Kier molecular flexibility index (Phi) is 6.83. The quantitative estimate of drug-likeness (QED) is 0.626. The van der Waals surface area contributed by atoms with Gasteiger partial charge in [-0.2, -0.15) is 0 Å². The van der Waals surface area contributed by atoms with Gasteiger partial charge in [-0.05, 0) is 12.8 Å². The molecule has 6 nitrogen and oxygen atoms in total. The van der Waals surface area contributed by atoms with Crippen molar-refractivity contribution >= 4 is 5.97 Å². The third-order valence-corrected chi connectivity index (χ3v) is 2.80. The lowest BCUT2D eigenvalue weighted by atomic mass is 10.1. The molecule has 0 atom stereocenters. The fourth-order valence-electron chi connectivity index (χ4n) is 1.83. The molecule has 0 spiro atoms. The molecule has 0 unspecified atom stereocenters. The molecule has 0 bridgehead atoms. The molecule has 0 aromatic carbocycles. The van der Waals surface area contributed by atoms with Gasteiger partial charge in [0.15, 0.2) is 0 Å². The summed E-state index contributed by atoms with van der Waals surface area (Å²) in [4.78, 5) is 10.3. The Morgan fingerprint density at radius 1 is 1.11 bits per heavy atom. The molecule has 0 radical (unpaired) electrons.